The minimum atomic E-state index is 0.646. The summed E-state index contributed by atoms with van der Waals surface area (Å²) in [5.41, 5.74) is 8.39. The second-order valence-corrected chi connectivity index (χ2v) is 16.7. The van der Waals surface area contributed by atoms with Crippen LogP contribution >= 0.6 is 22.7 Å². The van der Waals surface area contributed by atoms with Crippen LogP contribution in [0.2, 0.25) is 0 Å². The van der Waals surface area contributed by atoms with Crippen molar-refractivity contribution in [3.63, 3.8) is 0 Å². The van der Waals surface area contributed by atoms with E-state index in [-0.39, 0.29) is 0 Å². The Hall–Kier alpha value is -7.12. The van der Waals surface area contributed by atoms with Crippen molar-refractivity contribution in [3.8, 4) is 56.5 Å². The van der Waals surface area contributed by atoms with Gasteiger partial charge in [-0.1, -0.05) is 158 Å². The first-order valence-electron chi connectivity index (χ1n) is 19.3. The van der Waals surface area contributed by atoms with Crippen LogP contribution in [0.5, 0.6) is 0 Å². The monoisotopic (exact) mass is 774 g/mol. The molecular formula is C52H30N4S2. The van der Waals surface area contributed by atoms with E-state index in [4.69, 9.17) is 19.9 Å². The lowest BCUT2D eigenvalue weighted by Crippen LogP contribution is -2.00. The van der Waals surface area contributed by atoms with E-state index < -0.39 is 0 Å². The molecule has 12 aromatic rings. The van der Waals surface area contributed by atoms with E-state index in [2.05, 4.69) is 164 Å². The van der Waals surface area contributed by atoms with Crippen LogP contribution in [0.1, 0.15) is 0 Å². The number of thiophene rings is 2. The Morgan fingerprint density at radius 3 is 1.69 bits per heavy atom. The minimum Gasteiger partial charge on any atom is -0.247 e. The van der Waals surface area contributed by atoms with Gasteiger partial charge in [0.25, 0.3) is 0 Å². The normalized spacial score (nSPS) is 11.8. The second kappa shape index (κ2) is 13.2. The highest BCUT2D eigenvalue weighted by Gasteiger charge is 2.20. The van der Waals surface area contributed by atoms with Gasteiger partial charge in [0.1, 0.15) is 0 Å². The maximum absolute atomic E-state index is 5.20. The molecule has 4 nitrogen and oxygen atoms in total. The third kappa shape index (κ3) is 5.27. The van der Waals surface area contributed by atoms with Crippen molar-refractivity contribution in [1.82, 2.24) is 19.9 Å². The van der Waals surface area contributed by atoms with Gasteiger partial charge in [0, 0.05) is 78.8 Å². The van der Waals surface area contributed by atoms with E-state index in [1.54, 1.807) is 11.3 Å². The number of hydrogen-bond donors (Lipinski definition) is 0. The van der Waals surface area contributed by atoms with Crippen LogP contribution in [0.15, 0.2) is 182 Å². The molecule has 6 heteroatoms. The third-order valence-electron chi connectivity index (χ3n) is 11.1. The summed E-state index contributed by atoms with van der Waals surface area (Å²) in [7, 11) is 0. The number of pyridine rings is 1. The van der Waals surface area contributed by atoms with E-state index in [9.17, 15) is 0 Å². The van der Waals surface area contributed by atoms with Crippen LogP contribution < -0.4 is 0 Å². The molecule has 58 heavy (non-hydrogen) atoms. The molecule has 270 valence electrons. The first-order chi connectivity index (χ1) is 28.7. The topological polar surface area (TPSA) is 51.6 Å². The standard InChI is InChI=1S/C52H30N4S2/c1-3-13-32(14-4-1)48-38-29-30-44-47(46(38)36-17-7-9-22-41(36)53-48)39-20-11-19-35(49(39)58-44)31-25-27-34(28-26-31)51-54-50(33-15-5-2-6-16-33)55-52(56-51)40-21-12-24-43-45(40)37-18-8-10-23-42(37)57-43/h1-30H. The van der Waals surface area contributed by atoms with Gasteiger partial charge in [0.15, 0.2) is 17.5 Å². The molecule has 12 rings (SSSR count). The van der Waals surface area contributed by atoms with Gasteiger partial charge >= 0.3 is 0 Å². The van der Waals surface area contributed by atoms with Gasteiger partial charge in [0.05, 0.1) is 11.2 Å². The van der Waals surface area contributed by atoms with Gasteiger partial charge in [-0.05, 0) is 35.4 Å². The SMILES string of the molecule is c1ccc(-c2nc(-c3ccc(-c4cccc5c4sc4ccc6c(-c7ccccc7)nc7ccccc7c6c45)cc3)nc(-c3cccc4sc5ccccc5c34)n2)cc1. The molecule has 0 atom stereocenters. The maximum atomic E-state index is 5.20. The van der Waals surface area contributed by atoms with Crippen LogP contribution in [-0.2, 0) is 0 Å². The fourth-order valence-electron chi connectivity index (χ4n) is 8.48. The van der Waals surface area contributed by atoms with Crippen molar-refractivity contribution >= 4 is 84.7 Å². The molecule has 4 aromatic heterocycles. The van der Waals surface area contributed by atoms with Crippen LogP contribution in [0, 0.1) is 0 Å². The van der Waals surface area contributed by atoms with Crippen LogP contribution in [0.3, 0.4) is 0 Å². The van der Waals surface area contributed by atoms with E-state index in [0.717, 1.165) is 39.0 Å². The second-order valence-electron chi connectivity index (χ2n) is 14.5. The Balaban J connectivity index is 1.01. The summed E-state index contributed by atoms with van der Waals surface area (Å²) < 4.78 is 5.00. The summed E-state index contributed by atoms with van der Waals surface area (Å²) in [6.07, 6.45) is 0. The molecule has 0 amide bonds. The summed E-state index contributed by atoms with van der Waals surface area (Å²) in [5, 5.41) is 8.54. The number of benzene rings is 8. The molecule has 0 fully saturated rings. The Bertz CT molecular complexity index is 3560. The first kappa shape index (κ1) is 33.1. The zero-order valence-corrected chi connectivity index (χ0v) is 32.6. The Morgan fingerprint density at radius 1 is 0.293 bits per heavy atom. The average molecular weight is 775 g/mol. The maximum Gasteiger partial charge on any atom is 0.164 e. The lowest BCUT2D eigenvalue weighted by atomic mass is 9.95. The van der Waals surface area contributed by atoms with Gasteiger partial charge in [-0.2, -0.15) is 0 Å². The lowest BCUT2D eigenvalue weighted by Gasteiger charge is -2.12. The molecule has 0 spiro atoms. The van der Waals surface area contributed by atoms with Crippen LogP contribution in [0.4, 0.5) is 0 Å². The molecule has 0 saturated heterocycles. The number of hydrogen-bond acceptors (Lipinski definition) is 6. The number of nitrogens with zero attached hydrogens (tertiary/aromatic N) is 4. The summed E-state index contributed by atoms with van der Waals surface area (Å²) in [6.45, 7) is 0. The average Bonchev–Trinajstić information content (AvgIpc) is 3.88. The van der Waals surface area contributed by atoms with E-state index >= 15 is 0 Å². The van der Waals surface area contributed by atoms with Crippen molar-refractivity contribution in [2.24, 2.45) is 0 Å². The zero-order chi connectivity index (χ0) is 38.2. The van der Waals surface area contributed by atoms with E-state index in [1.165, 1.54) is 62.1 Å². The van der Waals surface area contributed by atoms with Crippen molar-refractivity contribution < 1.29 is 0 Å². The predicted octanol–water partition coefficient (Wildman–Crippen LogP) is 14.6. The fourth-order valence-corrected chi connectivity index (χ4v) is 10.9. The lowest BCUT2D eigenvalue weighted by molar-refractivity contribution is 1.08. The van der Waals surface area contributed by atoms with Crippen molar-refractivity contribution in [2.45, 2.75) is 0 Å². The molecular weight excluding hydrogens is 745 g/mol. The van der Waals surface area contributed by atoms with E-state index in [1.807, 2.05) is 29.5 Å². The molecule has 0 aliphatic carbocycles. The predicted molar refractivity (Wildman–Crippen MR) is 246 cm³/mol. The summed E-state index contributed by atoms with van der Waals surface area (Å²) in [5.74, 6) is 1.97. The molecule has 0 N–H and O–H groups in total. The summed E-state index contributed by atoms with van der Waals surface area (Å²) in [4.78, 5) is 20.5. The van der Waals surface area contributed by atoms with Gasteiger partial charge in [-0.15, -0.1) is 22.7 Å². The Morgan fingerprint density at radius 2 is 0.879 bits per heavy atom. The molecule has 0 radical (unpaired) electrons. The molecule has 0 aliphatic rings. The van der Waals surface area contributed by atoms with Gasteiger partial charge < -0.3 is 0 Å². The van der Waals surface area contributed by atoms with Crippen LogP contribution in [-0.4, -0.2) is 19.9 Å². The highest BCUT2D eigenvalue weighted by atomic mass is 32.1. The third-order valence-corrected chi connectivity index (χ3v) is 13.5. The number of aromatic nitrogens is 4. The fraction of sp³-hybridized carbons (Fsp3) is 0. The highest BCUT2D eigenvalue weighted by Crippen LogP contribution is 2.46. The molecule has 0 aliphatic heterocycles. The molecule has 0 unspecified atom stereocenters. The minimum absolute atomic E-state index is 0.646. The molecule has 0 saturated carbocycles. The molecule has 0 bridgehead atoms. The van der Waals surface area contributed by atoms with Crippen molar-refractivity contribution in [3.05, 3.63) is 182 Å². The highest BCUT2D eigenvalue weighted by molar-refractivity contribution is 7.26. The number of rotatable bonds is 5. The first-order valence-corrected chi connectivity index (χ1v) is 20.9. The summed E-state index contributed by atoms with van der Waals surface area (Å²) >= 11 is 3.66. The van der Waals surface area contributed by atoms with Gasteiger partial charge in [-0.3, -0.25) is 0 Å². The Labute approximate surface area is 341 Å². The largest absolute Gasteiger partial charge is 0.247 e. The van der Waals surface area contributed by atoms with Gasteiger partial charge in [-0.25, -0.2) is 19.9 Å². The van der Waals surface area contributed by atoms with Crippen molar-refractivity contribution in [2.75, 3.05) is 0 Å². The van der Waals surface area contributed by atoms with Gasteiger partial charge in [0.2, 0.25) is 0 Å². The quantitative estimate of drug-likeness (QED) is 0.163. The van der Waals surface area contributed by atoms with Crippen molar-refractivity contribution in [1.29, 1.82) is 0 Å². The molecule has 8 aromatic carbocycles. The van der Waals surface area contributed by atoms with E-state index in [0.29, 0.717) is 17.5 Å². The Kier molecular flexibility index (Phi) is 7.55. The zero-order valence-electron chi connectivity index (χ0n) is 30.9. The molecule has 4 heterocycles. The smallest absolute Gasteiger partial charge is 0.164 e. The summed E-state index contributed by atoms with van der Waals surface area (Å²) in [6, 6.07) is 64.2. The number of para-hydroxylation sites is 1. The van der Waals surface area contributed by atoms with Crippen LogP contribution in [0.25, 0.3) is 119 Å². The number of fused-ring (bicyclic) bond motifs is 10.